The smallest absolute Gasteiger partial charge is 0.320 e. The van der Waals surface area contributed by atoms with E-state index in [0.717, 1.165) is 0 Å². The van der Waals surface area contributed by atoms with Gasteiger partial charge in [-0.15, -0.1) is 0 Å². The number of hydrogen-bond acceptors (Lipinski definition) is 3. The Labute approximate surface area is 63.8 Å². The molecule has 1 aliphatic rings. The Balaban J connectivity index is 2.46. The second-order valence-corrected chi connectivity index (χ2v) is 2.41. The van der Waals surface area contributed by atoms with Crippen molar-refractivity contribution in [2.75, 3.05) is 6.67 Å². The number of amides is 1. The molecule has 3 N–H and O–H groups in total. The Kier molecular flexibility index (Phi) is 2.43. The van der Waals surface area contributed by atoms with Crippen LogP contribution in [0.3, 0.4) is 0 Å². The lowest BCUT2D eigenvalue weighted by molar-refractivity contribution is -0.139. The summed E-state index contributed by atoms with van der Waals surface area (Å²) in [5.41, 5.74) is 0. The second kappa shape index (κ2) is 3.34. The van der Waals surface area contributed by atoms with Gasteiger partial charge in [0.15, 0.2) is 0 Å². The molecule has 1 saturated heterocycles. The van der Waals surface area contributed by atoms with Gasteiger partial charge in [-0.25, -0.2) is 0 Å². The summed E-state index contributed by atoms with van der Waals surface area (Å²) in [6.07, 6.45) is 0.644. The fraction of sp³-hybridized carbons (Fsp3) is 0.667. The van der Waals surface area contributed by atoms with Gasteiger partial charge in [-0.3, -0.25) is 14.9 Å². The fourth-order valence-corrected chi connectivity index (χ4v) is 0.949. The van der Waals surface area contributed by atoms with Crippen molar-refractivity contribution in [2.45, 2.75) is 18.9 Å². The Morgan fingerprint density at radius 1 is 1.64 bits per heavy atom. The molecule has 0 bridgehead atoms. The molecule has 1 rings (SSSR count). The van der Waals surface area contributed by atoms with Crippen LogP contribution in [-0.2, 0) is 9.59 Å². The van der Waals surface area contributed by atoms with Crippen LogP contribution in [0.25, 0.3) is 0 Å². The van der Waals surface area contributed by atoms with Crippen molar-refractivity contribution in [3.63, 3.8) is 0 Å². The maximum atomic E-state index is 10.7. The molecule has 1 fully saturated rings. The molecule has 0 aliphatic carbocycles. The Morgan fingerprint density at radius 3 is 3.00 bits per heavy atom. The van der Waals surface area contributed by atoms with Gasteiger partial charge in [0, 0.05) is 6.42 Å². The third kappa shape index (κ3) is 2.19. The summed E-state index contributed by atoms with van der Waals surface area (Å²) in [6, 6.07) is -0.589. The first kappa shape index (κ1) is 8.00. The number of carbonyl (C=O) groups is 2. The van der Waals surface area contributed by atoms with Gasteiger partial charge in [0.25, 0.3) is 0 Å². The number of carboxylic acid groups (broad SMARTS) is 1. The largest absolute Gasteiger partial charge is 0.480 e. The average molecular weight is 158 g/mol. The molecular formula is C6H10N2O3. The van der Waals surface area contributed by atoms with E-state index in [2.05, 4.69) is 10.6 Å². The maximum absolute atomic E-state index is 10.7. The van der Waals surface area contributed by atoms with Gasteiger partial charge in [-0.1, -0.05) is 0 Å². The minimum Gasteiger partial charge on any atom is -0.480 e. The first-order valence-electron chi connectivity index (χ1n) is 3.43. The quantitative estimate of drug-likeness (QED) is 0.452. The van der Waals surface area contributed by atoms with Crippen LogP contribution >= 0.6 is 0 Å². The van der Waals surface area contributed by atoms with E-state index in [4.69, 9.17) is 5.11 Å². The van der Waals surface area contributed by atoms with Crippen LogP contribution in [0.4, 0.5) is 0 Å². The van der Waals surface area contributed by atoms with E-state index in [1.165, 1.54) is 0 Å². The average Bonchev–Trinajstić information content (AvgIpc) is 2.13. The van der Waals surface area contributed by atoms with Crippen molar-refractivity contribution in [3.05, 3.63) is 0 Å². The van der Waals surface area contributed by atoms with Crippen molar-refractivity contribution in [2.24, 2.45) is 0 Å². The van der Waals surface area contributed by atoms with E-state index >= 15 is 0 Å². The number of carboxylic acids is 1. The second-order valence-electron chi connectivity index (χ2n) is 2.41. The first-order chi connectivity index (χ1) is 5.20. The predicted octanol–water partition coefficient (Wildman–Crippen LogP) is -1.10. The highest BCUT2D eigenvalue weighted by Crippen LogP contribution is 1.99. The zero-order valence-electron chi connectivity index (χ0n) is 5.96. The monoisotopic (exact) mass is 158 g/mol. The molecule has 1 atom stereocenters. The van der Waals surface area contributed by atoms with E-state index in [9.17, 15) is 9.59 Å². The topological polar surface area (TPSA) is 78.4 Å². The molecule has 62 valence electrons. The molecule has 0 radical (unpaired) electrons. The van der Waals surface area contributed by atoms with Crippen molar-refractivity contribution >= 4 is 11.9 Å². The summed E-state index contributed by atoms with van der Waals surface area (Å²) in [4.78, 5) is 21.1. The van der Waals surface area contributed by atoms with Crippen LogP contribution in [0.15, 0.2) is 0 Å². The lowest BCUT2D eigenvalue weighted by atomic mass is 10.1. The van der Waals surface area contributed by atoms with E-state index in [1.54, 1.807) is 0 Å². The van der Waals surface area contributed by atoms with Gasteiger partial charge < -0.3 is 10.4 Å². The molecule has 5 nitrogen and oxygen atoms in total. The number of rotatable bonds is 1. The minimum absolute atomic E-state index is 0.0961. The highest BCUT2D eigenvalue weighted by molar-refractivity contribution is 5.79. The zero-order chi connectivity index (χ0) is 8.27. The fourth-order valence-electron chi connectivity index (χ4n) is 0.949. The van der Waals surface area contributed by atoms with Gasteiger partial charge >= 0.3 is 5.97 Å². The van der Waals surface area contributed by atoms with Crippen LogP contribution < -0.4 is 10.6 Å². The van der Waals surface area contributed by atoms with Crippen LogP contribution in [0.5, 0.6) is 0 Å². The maximum Gasteiger partial charge on any atom is 0.320 e. The summed E-state index contributed by atoms with van der Waals surface area (Å²) in [5, 5.41) is 13.7. The van der Waals surface area contributed by atoms with Crippen molar-refractivity contribution in [1.29, 1.82) is 0 Å². The highest BCUT2D eigenvalue weighted by atomic mass is 16.4. The van der Waals surface area contributed by atoms with Crippen molar-refractivity contribution < 1.29 is 14.7 Å². The predicted molar refractivity (Wildman–Crippen MR) is 36.8 cm³/mol. The molecule has 0 saturated carbocycles. The molecule has 0 aromatic rings. The molecule has 1 heterocycles. The molecule has 0 spiro atoms. The molecule has 1 amide bonds. The van der Waals surface area contributed by atoms with E-state index in [1.807, 2.05) is 0 Å². The number of nitrogens with one attached hydrogen (secondary N) is 2. The van der Waals surface area contributed by atoms with Gasteiger partial charge in [0.2, 0.25) is 5.91 Å². The molecule has 1 unspecified atom stereocenters. The van der Waals surface area contributed by atoms with Crippen molar-refractivity contribution in [1.82, 2.24) is 10.6 Å². The summed E-state index contributed by atoms with van der Waals surface area (Å²) < 4.78 is 0. The third-order valence-electron chi connectivity index (χ3n) is 1.59. The highest BCUT2D eigenvalue weighted by Gasteiger charge is 2.20. The van der Waals surface area contributed by atoms with Gasteiger partial charge in [-0.2, -0.15) is 0 Å². The van der Waals surface area contributed by atoms with Crippen LogP contribution in [0, 0.1) is 0 Å². The molecule has 11 heavy (non-hydrogen) atoms. The zero-order valence-corrected chi connectivity index (χ0v) is 5.96. The minimum atomic E-state index is -0.901. The Hall–Kier alpha value is -1.10. The van der Waals surface area contributed by atoms with Crippen LogP contribution in [-0.4, -0.2) is 29.7 Å². The number of hydrogen-bond donors (Lipinski definition) is 3. The summed E-state index contributed by atoms with van der Waals surface area (Å²) in [6.45, 7) is 0.246. The molecule has 5 heteroatoms. The molecule has 1 aliphatic heterocycles. The normalized spacial score (nSPS) is 25.5. The van der Waals surface area contributed by atoms with E-state index in [-0.39, 0.29) is 19.0 Å². The number of aliphatic carboxylic acids is 1. The molecule has 0 aromatic carbocycles. The van der Waals surface area contributed by atoms with Gasteiger partial charge in [-0.05, 0) is 6.42 Å². The van der Waals surface area contributed by atoms with E-state index in [0.29, 0.717) is 6.42 Å². The lowest BCUT2D eigenvalue weighted by Gasteiger charge is -2.07. The standard InChI is InChI=1S/C6H10N2O3/c9-5-2-1-4(6(10)11)7-3-8-5/h4,7H,1-3H2,(H,8,9)(H,10,11). The molecule has 0 aromatic heterocycles. The van der Waals surface area contributed by atoms with Gasteiger partial charge in [0.05, 0.1) is 6.67 Å². The van der Waals surface area contributed by atoms with Gasteiger partial charge in [0.1, 0.15) is 6.04 Å². The van der Waals surface area contributed by atoms with Crippen LogP contribution in [0.2, 0.25) is 0 Å². The third-order valence-corrected chi connectivity index (χ3v) is 1.59. The summed E-state index contributed by atoms with van der Waals surface area (Å²) in [7, 11) is 0. The Morgan fingerprint density at radius 2 is 2.36 bits per heavy atom. The molecular weight excluding hydrogens is 148 g/mol. The summed E-state index contributed by atoms with van der Waals surface area (Å²) >= 11 is 0. The van der Waals surface area contributed by atoms with E-state index < -0.39 is 12.0 Å². The summed E-state index contributed by atoms with van der Waals surface area (Å²) in [5.74, 6) is -0.997. The SMILES string of the molecule is O=C1CCC(C(=O)O)NCN1. The Bertz CT molecular complexity index is 181. The van der Waals surface area contributed by atoms with Crippen molar-refractivity contribution in [3.8, 4) is 0 Å². The number of carbonyl (C=O) groups excluding carboxylic acids is 1. The lowest BCUT2D eigenvalue weighted by Crippen LogP contribution is -2.39. The first-order valence-corrected chi connectivity index (χ1v) is 3.43. The van der Waals surface area contributed by atoms with Crippen LogP contribution in [0.1, 0.15) is 12.8 Å².